The van der Waals surface area contributed by atoms with Crippen LogP contribution in [0, 0.1) is 5.92 Å². The number of rotatable bonds is 5. The van der Waals surface area contributed by atoms with Crippen LogP contribution in [0.3, 0.4) is 0 Å². The fourth-order valence-corrected chi connectivity index (χ4v) is 5.76. The number of benzene rings is 1. The first kappa shape index (κ1) is 21.4. The van der Waals surface area contributed by atoms with Crippen LogP contribution < -0.4 is 10.1 Å². The smallest absolute Gasteiger partial charge is 0.255 e. The Morgan fingerprint density at radius 2 is 1.75 bits per heavy atom. The number of fused-ring (bicyclic) bond motifs is 1. The van der Waals surface area contributed by atoms with Gasteiger partial charge in [0.1, 0.15) is 17.9 Å². The van der Waals surface area contributed by atoms with Crippen molar-refractivity contribution in [1.29, 1.82) is 0 Å². The summed E-state index contributed by atoms with van der Waals surface area (Å²) in [7, 11) is 0. The molecule has 0 radical (unpaired) electrons. The molecule has 1 aromatic carbocycles. The highest BCUT2D eigenvalue weighted by Gasteiger charge is 2.39. The van der Waals surface area contributed by atoms with Crippen molar-refractivity contribution in [3.63, 3.8) is 0 Å². The lowest BCUT2D eigenvalue weighted by Crippen LogP contribution is -2.52. The van der Waals surface area contributed by atoms with E-state index in [2.05, 4.69) is 10.2 Å². The van der Waals surface area contributed by atoms with E-state index in [1.54, 1.807) is 4.90 Å². The molecule has 1 N–H and O–H groups in total. The van der Waals surface area contributed by atoms with Crippen LogP contribution in [0.2, 0.25) is 0 Å². The number of carbonyl (C=O) groups excluding carboxylic acids is 3. The highest BCUT2D eigenvalue weighted by molar-refractivity contribution is 6.05. The minimum atomic E-state index is -0.578. The fourth-order valence-electron chi connectivity index (χ4n) is 5.76. The van der Waals surface area contributed by atoms with Gasteiger partial charge in [0.05, 0.1) is 0 Å². The number of nitrogens with zero attached hydrogens (tertiary/aromatic N) is 2. The zero-order valence-electron chi connectivity index (χ0n) is 18.7. The van der Waals surface area contributed by atoms with Crippen LogP contribution in [0.1, 0.15) is 73.7 Å². The van der Waals surface area contributed by atoms with Crippen LogP contribution in [0.5, 0.6) is 5.75 Å². The zero-order valence-corrected chi connectivity index (χ0v) is 18.7. The molecule has 1 saturated carbocycles. The molecular formula is C25H33N3O4. The van der Waals surface area contributed by atoms with E-state index in [1.807, 2.05) is 18.2 Å². The molecule has 7 nitrogen and oxygen atoms in total. The van der Waals surface area contributed by atoms with Gasteiger partial charge >= 0.3 is 0 Å². The SMILES string of the molecule is O=C1CCC(N2Cc3cc(OC4CCN(CC5CCCCC5)CC4)ccc3C2=O)C(=O)N1. The molecule has 1 aliphatic carbocycles. The largest absolute Gasteiger partial charge is 0.490 e. The van der Waals surface area contributed by atoms with Gasteiger partial charge in [-0.25, -0.2) is 0 Å². The number of carbonyl (C=O) groups is 3. The number of amides is 3. The molecule has 0 aromatic heterocycles. The topological polar surface area (TPSA) is 79.0 Å². The third-order valence-corrected chi connectivity index (χ3v) is 7.57. The average Bonchev–Trinajstić information content (AvgIpc) is 3.11. The van der Waals surface area contributed by atoms with Crippen LogP contribution in [-0.4, -0.2) is 59.3 Å². The Balaban J connectivity index is 1.15. The van der Waals surface area contributed by atoms with Gasteiger partial charge in [-0.1, -0.05) is 19.3 Å². The Hall–Kier alpha value is -2.41. The average molecular weight is 440 g/mol. The molecule has 2 saturated heterocycles. The lowest BCUT2D eigenvalue weighted by Gasteiger charge is -2.35. The number of piperidine rings is 2. The summed E-state index contributed by atoms with van der Waals surface area (Å²) >= 11 is 0. The second-order valence-electron chi connectivity index (χ2n) is 9.84. The first-order chi connectivity index (χ1) is 15.6. The van der Waals surface area contributed by atoms with Crippen LogP contribution >= 0.6 is 0 Å². The molecule has 32 heavy (non-hydrogen) atoms. The monoisotopic (exact) mass is 439 g/mol. The third kappa shape index (κ3) is 4.53. The maximum absolute atomic E-state index is 12.8. The molecule has 3 fully saturated rings. The maximum Gasteiger partial charge on any atom is 0.255 e. The van der Waals surface area contributed by atoms with Crippen LogP contribution in [0.25, 0.3) is 0 Å². The number of ether oxygens (including phenoxy) is 1. The molecule has 172 valence electrons. The van der Waals surface area contributed by atoms with Crippen molar-refractivity contribution in [2.45, 2.75) is 76.5 Å². The molecule has 5 rings (SSSR count). The van der Waals surface area contributed by atoms with Crippen LogP contribution in [-0.2, 0) is 16.1 Å². The van der Waals surface area contributed by atoms with E-state index in [1.165, 1.54) is 38.6 Å². The number of nitrogens with one attached hydrogen (secondary N) is 1. The van der Waals surface area contributed by atoms with Gasteiger partial charge in [0, 0.05) is 38.2 Å². The predicted octanol–water partition coefficient (Wildman–Crippen LogP) is 2.87. The van der Waals surface area contributed by atoms with E-state index < -0.39 is 6.04 Å². The van der Waals surface area contributed by atoms with E-state index in [0.717, 1.165) is 43.2 Å². The molecule has 4 aliphatic rings. The Morgan fingerprint density at radius 3 is 2.50 bits per heavy atom. The first-order valence-corrected chi connectivity index (χ1v) is 12.2. The predicted molar refractivity (Wildman–Crippen MR) is 119 cm³/mol. The molecule has 1 atom stereocenters. The molecule has 1 aromatic rings. The van der Waals surface area contributed by atoms with Gasteiger partial charge in [-0.3, -0.25) is 19.7 Å². The molecule has 1 unspecified atom stereocenters. The quantitative estimate of drug-likeness (QED) is 0.714. The molecule has 3 amide bonds. The molecule has 3 heterocycles. The van der Waals surface area contributed by atoms with Crippen molar-refractivity contribution in [2.75, 3.05) is 19.6 Å². The fraction of sp³-hybridized carbons (Fsp3) is 0.640. The lowest BCUT2D eigenvalue weighted by molar-refractivity contribution is -0.136. The Morgan fingerprint density at radius 1 is 0.969 bits per heavy atom. The highest BCUT2D eigenvalue weighted by Crippen LogP contribution is 2.31. The first-order valence-electron chi connectivity index (χ1n) is 12.2. The highest BCUT2D eigenvalue weighted by atomic mass is 16.5. The van der Waals surface area contributed by atoms with Crippen LogP contribution in [0.4, 0.5) is 0 Å². The number of likely N-dealkylation sites (tertiary alicyclic amines) is 1. The van der Waals surface area contributed by atoms with Crippen molar-refractivity contribution in [2.24, 2.45) is 5.92 Å². The van der Waals surface area contributed by atoms with Gasteiger partial charge in [0.15, 0.2) is 0 Å². The van der Waals surface area contributed by atoms with Gasteiger partial charge in [0.25, 0.3) is 5.91 Å². The Kier molecular flexibility index (Phi) is 6.17. The summed E-state index contributed by atoms with van der Waals surface area (Å²) in [5, 5.41) is 2.35. The van der Waals surface area contributed by atoms with Crippen molar-refractivity contribution >= 4 is 17.7 Å². The zero-order chi connectivity index (χ0) is 22.1. The number of hydrogen-bond donors (Lipinski definition) is 1. The van der Waals surface area contributed by atoms with Crippen molar-refractivity contribution in [1.82, 2.24) is 15.1 Å². The second-order valence-corrected chi connectivity index (χ2v) is 9.84. The van der Waals surface area contributed by atoms with E-state index in [4.69, 9.17) is 4.74 Å². The summed E-state index contributed by atoms with van der Waals surface area (Å²) in [5.74, 6) is 0.891. The molecule has 7 heteroatoms. The lowest BCUT2D eigenvalue weighted by atomic mass is 9.88. The molecule has 0 spiro atoms. The summed E-state index contributed by atoms with van der Waals surface area (Å²) in [6, 6.07) is 5.06. The van der Waals surface area contributed by atoms with Gasteiger partial charge in [0.2, 0.25) is 11.8 Å². The Labute approximate surface area is 189 Å². The summed E-state index contributed by atoms with van der Waals surface area (Å²) in [6.45, 7) is 3.81. The minimum Gasteiger partial charge on any atom is -0.490 e. The Bertz CT molecular complexity index is 887. The van der Waals surface area contributed by atoms with E-state index >= 15 is 0 Å². The van der Waals surface area contributed by atoms with Gasteiger partial charge < -0.3 is 14.5 Å². The molecule has 0 bridgehead atoms. The van der Waals surface area contributed by atoms with Crippen molar-refractivity contribution in [3.8, 4) is 5.75 Å². The minimum absolute atomic E-state index is 0.142. The van der Waals surface area contributed by atoms with Crippen molar-refractivity contribution < 1.29 is 19.1 Å². The third-order valence-electron chi connectivity index (χ3n) is 7.57. The van der Waals surface area contributed by atoms with Crippen molar-refractivity contribution in [3.05, 3.63) is 29.3 Å². The summed E-state index contributed by atoms with van der Waals surface area (Å²) in [4.78, 5) is 40.7. The molecule has 3 aliphatic heterocycles. The maximum atomic E-state index is 12.8. The summed E-state index contributed by atoms with van der Waals surface area (Å²) in [5.41, 5.74) is 1.52. The second kappa shape index (κ2) is 9.22. The van der Waals surface area contributed by atoms with E-state index in [9.17, 15) is 14.4 Å². The van der Waals surface area contributed by atoms with Gasteiger partial charge in [-0.15, -0.1) is 0 Å². The summed E-state index contributed by atoms with van der Waals surface area (Å²) < 4.78 is 6.29. The number of imide groups is 1. The van der Waals surface area contributed by atoms with E-state index in [0.29, 0.717) is 18.5 Å². The number of hydrogen-bond acceptors (Lipinski definition) is 5. The molecular weight excluding hydrogens is 406 g/mol. The normalized spacial score (nSPS) is 25.7. The van der Waals surface area contributed by atoms with E-state index in [-0.39, 0.29) is 30.2 Å². The summed E-state index contributed by atoms with van der Waals surface area (Å²) in [6.07, 6.45) is 9.90. The standard InChI is InChI=1S/C25H33N3O4/c29-23-9-8-22(24(30)26-23)28-16-18-14-20(6-7-21(18)25(28)31)32-19-10-12-27(13-11-19)15-17-4-2-1-3-5-17/h6-7,14,17,19,22H,1-5,8-13,15-16H2,(H,26,29,30). The van der Waals surface area contributed by atoms with Gasteiger partial charge in [-0.2, -0.15) is 0 Å². The van der Waals surface area contributed by atoms with Crippen LogP contribution in [0.15, 0.2) is 18.2 Å². The van der Waals surface area contributed by atoms with Gasteiger partial charge in [-0.05, 0) is 61.8 Å².